The fourth-order valence-corrected chi connectivity index (χ4v) is 1.56. The summed E-state index contributed by atoms with van der Waals surface area (Å²) in [7, 11) is 1.97. The van der Waals surface area contributed by atoms with Crippen LogP contribution in [0.25, 0.3) is 0 Å². The topological polar surface area (TPSA) is 29.9 Å². The Morgan fingerprint density at radius 1 is 1.53 bits per heavy atom. The molecule has 86 valence electrons. The third-order valence-electron chi connectivity index (χ3n) is 2.56. The minimum Gasteiger partial charge on any atom is -0.316 e. The van der Waals surface area contributed by atoms with Crippen molar-refractivity contribution >= 4 is 11.6 Å². The van der Waals surface area contributed by atoms with Gasteiger partial charge in [-0.3, -0.25) is 4.68 Å². The smallest absolute Gasteiger partial charge is 0.0492 e. The lowest BCUT2D eigenvalue weighted by Gasteiger charge is -2.07. The van der Waals surface area contributed by atoms with Crippen molar-refractivity contribution in [2.45, 2.75) is 31.6 Å². The number of rotatable bonds is 7. The molecule has 1 unspecified atom stereocenters. The van der Waals surface area contributed by atoms with E-state index < -0.39 is 0 Å². The first-order valence-corrected chi connectivity index (χ1v) is 5.99. The van der Waals surface area contributed by atoms with Crippen molar-refractivity contribution in [3.63, 3.8) is 0 Å². The van der Waals surface area contributed by atoms with Gasteiger partial charge in [-0.15, -0.1) is 11.6 Å². The van der Waals surface area contributed by atoms with Crippen LogP contribution in [0.3, 0.4) is 0 Å². The first-order chi connectivity index (χ1) is 7.24. The third-order valence-corrected chi connectivity index (χ3v) is 3.08. The molecule has 0 aliphatic carbocycles. The Bertz CT molecular complexity index is 273. The Hall–Kier alpha value is -0.540. The van der Waals surface area contributed by atoms with E-state index in [1.54, 1.807) is 0 Å². The molecule has 0 aliphatic heterocycles. The number of halogens is 1. The van der Waals surface area contributed by atoms with Crippen LogP contribution >= 0.6 is 11.6 Å². The Morgan fingerprint density at radius 2 is 2.33 bits per heavy atom. The normalized spacial score (nSPS) is 13.0. The minimum atomic E-state index is 0.314. The predicted octanol–water partition coefficient (Wildman–Crippen LogP) is 1.96. The van der Waals surface area contributed by atoms with E-state index in [4.69, 9.17) is 11.6 Å². The molecule has 1 rings (SSSR count). The fraction of sp³-hybridized carbons (Fsp3) is 0.727. The molecular formula is C11H20ClN3. The molecule has 1 aromatic rings. The predicted molar refractivity (Wildman–Crippen MR) is 64.3 cm³/mol. The molecule has 1 heterocycles. The standard InChI is InChI=1S/C11H20ClN3/c1-3-10(12)4-7-13-8-5-11-6-9-14-15(11)2/h6,9-10,13H,3-5,7-8H2,1-2H3. The highest BCUT2D eigenvalue weighted by molar-refractivity contribution is 6.20. The summed E-state index contributed by atoms with van der Waals surface area (Å²) in [5.74, 6) is 0. The van der Waals surface area contributed by atoms with E-state index in [0.717, 1.165) is 32.4 Å². The zero-order valence-corrected chi connectivity index (χ0v) is 10.3. The number of aromatic nitrogens is 2. The molecule has 1 aromatic heterocycles. The van der Waals surface area contributed by atoms with E-state index in [9.17, 15) is 0 Å². The molecule has 0 aromatic carbocycles. The lowest BCUT2D eigenvalue weighted by molar-refractivity contribution is 0.605. The summed E-state index contributed by atoms with van der Waals surface area (Å²) in [4.78, 5) is 0. The molecule has 0 amide bonds. The lowest BCUT2D eigenvalue weighted by Crippen LogP contribution is -2.21. The molecule has 0 fully saturated rings. The summed E-state index contributed by atoms with van der Waals surface area (Å²) in [6.07, 6.45) is 4.95. The van der Waals surface area contributed by atoms with Gasteiger partial charge in [0.2, 0.25) is 0 Å². The molecule has 4 heteroatoms. The number of hydrogen-bond acceptors (Lipinski definition) is 2. The van der Waals surface area contributed by atoms with E-state index in [1.165, 1.54) is 5.69 Å². The maximum Gasteiger partial charge on any atom is 0.0492 e. The first-order valence-electron chi connectivity index (χ1n) is 5.55. The second kappa shape index (κ2) is 6.85. The van der Waals surface area contributed by atoms with Crippen LogP contribution in [0.15, 0.2) is 12.3 Å². The highest BCUT2D eigenvalue weighted by Crippen LogP contribution is 2.04. The van der Waals surface area contributed by atoms with E-state index in [-0.39, 0.29) is 0 Å². The molecule has 3 nitrogen and oxygen atoms in total. The minimum absolute atomic E-state index is 0.314. The maximum atomic E-state index is 6.01. The van der Waals surface area contributed by atoms with E-state index in [0.29, 0.717) is 5.38 Å². The average Bonchev–Trinajstić information content (AvgIpc) is 2.63. The van der Waals surface area contributed by atoms with Gasteiger partial charge in [0.1, 0.15) is 0 Å². The second-order valence-electron chi connectivity index (χ2n) is 3.74. The maximum absolute atomic E-state index is 6.01. The zero-order valence-electron chi connectivity index (χ0n) is 9.54. The van der Waals surface area contributed by atoms with Crippen molar-refractivity contribution in [3.8, 4) is 0 Å². The van der Waals surface area contributed by atoms with Gasteiger partial charge in [-0.25, -0.2) is 0 Å². The van der Waals surface area contributed by atoms with Crippen LogP contribution in [-0.4, -0.2) is 28.2 Å². The Balaban J connectivity index is 2.05. The second-order valence-corrected chi connectivity index (χ2v) is 4.36. The number of alkyl halides is 1. The molecule has 0 saturated carbocycles. The van der Waals surface area contributed by atoms with Gasteiger partial charge in [0, 0.05) is 37.3 Å². The van der Waals surface area contributed by atoms with Crippen LogP contribution < -0.4 is 5.32 Å². The van der Waals surface area contributed by atoms with Crippen molar-refractivity contribution in [3.05, 3.63) is 18.0 Å². The van der Waals surface area contributed by atoms with E-state index in [1.807, 2.05) is 17.9 Å². The highest BCUT2D eigenvalue weighted by Gasteiger charge is 2.00. The lowest BCUT2D eigenvalue weighted by atomic mass is 10.2. The monoisotopic (exact) mass is 229 g/mol. The van der Waals surface area contributed by atoms with Crippen LogP contribution in [0.4, 0.5) is 0 Å². The van der Waals surface area contributed by atoms with Crippen molar-refractivity contribution in [1.82, 2.24) is 15.1 Å². The molecular weight excluding hydrogens is 210 g/mol. The van der Waals surface area contributed by atoms with E-state index in [2.05, 4.69) is 23.4 Å². The van der Waals surface area contributed by atoms with Crippen molar-refractivity contribution in [2.24, 2.45) is 7.05 Å². The summed E-state index contributed by atoms with van der Waals surface area (Å²) in [5.41, 5.74) is 1.26. The van der Waals surface area contributed by atoms with Crippen LogP contribution in [0.5, 0.6) is 0 Å². The first kappa shape index (κ1) is 12.5. The quantitative estimate of drug-likeness (QED) is 0.572. The van der Waals surface area contributed by atoms with Crippen molar-refractivity contribution in [2.75, 3.05) is 13.1 Å². The summed E-state index contributed by atoms with van der Waals surface area (Å²) in [6.45, 7) is 4.11. The van der Waals surface area contributed by atoms with Gasteiger partial charge in [-0.05, 0) is 25.5 Å². The zero-order chi connectivity index (χ0) is 11.1. The van der Waals surface area contributed by atoms with Gasteiger partial charge in [-0.2, -0.15) is 5.10 Å². The van der Waals surface area contributed by atoms with Crippen LogP contribution in [0.1, 0.15) is 25.5 Å². The summed E-state index contributed by atoms with van der Waals surface area (Å²) >= 11 is 6.01. The van der Waals surface area contributed by atoms with Crippen LogP contribution in [0.2, 0.25) is 0 Å². The van der Waals surface area contributed by atoms with Gasteiger partial charge in [0.25, 0.3) is 0 Å². The van der Waals surface area contributed by atoms with Gasteiger partial charge in [-0.1, -0.05) is 6.92 Å². The van der Waals surface area contributed by atoms with Crippen molar-refractivity contribution in [1.29, 1.82) is 0 Å². The van der Waals surface area contributed by atoms with Gasteiger partial charge in [0.15, 0.2) is 0 Å². The number of aryl methyl sites for hydroxylation is 1. The molecule has 0 saturated heterocycles. The SMILES string of the molecule is CCC(Cl)CCNCCc1ccnn1C. The van der Waals surface area contributed by atoms with Gasteiger partial charge >= 0.3 is 0 Å². The Labute approximate surface area is 96.8 Å². The number of nitrogens with zero attached hydrogens (tertiary/aromatic N) is 2. The van der Waals surface area contributed by atoms with Gasteiger partial charge < -0.3 is 5.32 Å². The molecule has 1 atom stereocenters. The van der Waals surface area contributed by atoms with Gasteiger partial charge in [0.05, 0.1) is 0 Å². The largest absolute Gasteiger partial charge is 0.316 e. The summed E-state index contributed by atoms with van der Waals surface area (Å²) in [6, 6.07) is 2.05. The average molecular weight is 230 g/mol. The Kier molecular flexibility index (Phi) is 5.73. The molecule has 0 radical (unpaired) electrons. The fourth-order valence-electron chi connectivity index (χ4n) is 1.45. The molecule has 0 aliphatic rings. The third kappa shape index (κ3) is 4.67. The van der Waals surface area contributed by atoms with Crippen molar-refractivity contribution < 1.29 is 0 Å². The summed E-state index contributed by atoms with van der Waals surface area (Å²) < 4.78 is 1.91. The van der Waals surface area contributed by atoms with Crippen LogP contribution in [0, 0.1) is 0 Å². The molecule has 0 bridgehead atoms. The number of hydrogen-bond donors (Lipinski definition) is 1. The van der Waals surface area contributed by atoms with Crippen LogP contribution in [-0.2, 0) is 13.5 Å². The van der Waals surface area contributed by atoms with E-state index >= 15 is 0 Å². The highest BCUT2D eigenvalue weighted by atomic mass is 35.5. The molecule has 1 N–H and O–H groups in total. The number of nitrogens with one attached hydrogen (secondary N) is 1. The molecule has 0 spiro atoms. The Morgan fingerprint density at radius 3 is 2.93 bits per heavy atom. The summed E-state index contributed by atoms with van der Waals surface area (Å²) in [5, 5.41) is 7.83. The molecule has 15 heavy (non-hydrogen) atoms.